The molecular formula is C18H22N6O. The summed E-state index contributed by atoms with van der Waals surface area (Å²) in [5.41, 5.74) is 3.10. The fraction of sp³-hybridized carbons (Fsp3) is 0.389. The fourth-order valence-corrected chi connectivity index (χ4v) is 3.35. The van der Waals surface area contributed by atoms with Gasteiger partial charge in [-0.2, -0.15) is 0 Å². The molecule has 2 N–H and O–H groups in total. The Morgan fingerprint density at radius 1 is 1.28 bits per heavy atom. The number of hydrogen-bond donors (Lipinski definition) is 2. The Morgan fingerprint density at radius 2 is 2.20 bits per heavy atom. The summed E-state index contributed by atoms with van der Waals surface area (Å²) in [6.45, 7) is 3.75. The number of hydrogen-bond acceptors (Lipinski definition) is 6. The molecular weight excluding hydrogens is 316 g/mol. The second-order valence-corrected chi connectivity index (χ2v) is 6.49. The quantitative estimate of drug-likeness (QED) is 0.741. The van der Waals surface area contributed by atoms with Gasteiger partial charge in [0.25, 0.3) is 0 Å². The molecule has 3 aromatic rings. The Labute approximate surface area is 146 Å². The van der Waals surface area contributed by atoms with Crippen LogP contribution in [0.15, 0.2) is 36.9 Å². The van der Waals surface area contributed by atoms with Crippen molar-refractivity contribution in [2.75, 3.05) is 23.4 Å². The summed E-state index contributed by atoms with van der Waals surface area (Å²) in [6, 6.07) is 6.17. The molecule has 0 spiro atoms. The first kappa shape index (κ1) is 15.8. The number of rotatable bonds is 5. The zero-order valence-electron chi connectivity index (χ0n) is 14.3. The van der Waals surface area contributed by atoms with Gasteiger partial charge in [-0.3, -0.25) is 0 Å². The number of imidazole rings is 1. The minimum absolute atomic E-state index is 0.157. The van der Waals surface area contributed by atoms with E-state index in [9.17, 15) is 5.11 Å². The molecule has 7 heteroatoms. The first-order chi connectivity index (χ1) is 12.2. The molecule has 4 heterocycles. The van der Waals surface area contributed by atoms with Crippen molar-refractivity contribution in [3.8, 4) is 0 Å². The highest BCUT2D eigenvalue weighted by Gasteiger charge is 2.25. The first-order valence-electron chi connectivity index (χ1n) is 8.60. The van der Waals surface area contributed by atoms with Gasteiger partial charge < -0.3 is 19.7 Å². The van der Waals surface area contributed by atoms with Gasteiger partial charge in [0.15, 0.2) is 0 Å². The van der Waals surface area contributed by atoms with E-state index in [0.717, 1.165) is 42.4 Å². The second-order valence-electron chi connectivity index (χ2n) is 6.49. The maximum atomic E-state index is 9.50. The van der Waals surface area contributed by atoms with Crippen molar-refractivity contribution in [2.45, 2.75) is 32.4 Å². The van der Waals surface area contributed by atoms with E-state index >= 15 is 0 Å². The summed E-state index contributed by atoms with van der Waals surface area (Å²) in [5, 5.41) is 12.8. The van der Waals surface area contributed by atoms with Crippen LogP contribution >= 0.6 is 0 Å². The van der Waals surface area contributed by atoms with Crippen molar-refractivity contribution >= 4 is 17.3 Å². The maximum Gasteiger partial charge on any atom is 0.137 e. The van der Waals surface area contributed by atoms with Gasteiger partial charge in [-0.1, -0.05) is 6.07 Å². The lowest BCUT2D eigenvalue weighted by Gasteiger charge is -2.24. The number of nitrogens with zero attached hydrogens (tertiary/aromatic N) is 5. The SMILES string of the molecule is Cc1ccc2nc(CNc3cc(N4CCC[C@H]4CO)ncn3)cn2c1. The number of aromatic nitrogens is 4. The largest absolute Gasteiger partial charge is 0.394 e. The molecule has 130 valence electrons. The minimum Gasteiger partial charge on any atom is -0.394 e. The van der Waals surface area contributed by atoms with Crippen molar-refractivity contribution in [3.63, 3.8) is 0 Å². The molecule has 0 aromatic carbocycles. The van der Waals surface area contributed by atoms with Crippen LogP contribution in [-0.4, -0.2) is 43.7 Å². The third-order valence-corrected chi connectivity index (χ3v) is 4.63. The Bertz CT molecular complexity index is 877. The van der Waals surface area contributed by atoms with Gasteiger partial charge in [0.1, 0.15) is 23.6 Å². The molecule has 0 saturated carbocycles. The van der Waals surface area contributed by atoms with Gasteiger partial charge in [-0.25, -0.2) is 15.0 Å². The molecule has 1 aliphatic rings. The van der Waals surface area contributed by atoms with Crippen LogP contribution in [0.3, 0.4) is 0 Å². The van der Waals surface area contributed by atoms with Crippen LogP contribution < -0.4 is 10.2 Å². The van der Waals surface area contributed by atoms with Crippen LogP contribution in [0, 0.1) is 6.92 Å². The lowest BCUT2D eigenvalue weighted by molar-refractivity contribution is 0.266. The van der Waals surface area contributed by atoms with Crippen LogP contribution in [0.4, 0.5) is 11.6 Å². The zero-order valence-corrected chi connectivity index (χ0v) is 14.3. The molecule has 3 aromatic heterocycles. The Balaban J connectivity index is 1.48. The highest BCUT2D eigenvalue weighted by atomic mass is 16.3. The highest BCUT2D eigenvalue weighted by molar-refractivity contribution is 5.50. The Kier molecular flexibility index (Phi) is 4.23. The van der Waals surface area contributed by atoms with E-state index < -0.39 is 0 Å². The fourth-order valence-electron chi connectivity index (χ4n) is 3.35. The summed E-state index contributed by atoms with van der Waals surface area (Å²) < 4.78 is 2.04. The molecule has 1 fully saturated rings. The van der Waals surface area contributed by atoms with Gasteiger partial charge in [0.05, 0.1) is 24.9 Å². The summed E-state index contributed by atoms with van der Waals surface area (Å²) in [7, 11) is 0. The Morgan fingerprint density at radius 3 is 3.08 bits per heavy atom. The number of aliphatic hydroxyl groups is 1. The molecule has 0 bridgehead atoms. The van der Waals surface area contributed by atoms with Crippen LogP contribution in [0.1, 0.15) is 24.1 Å². The Hall–Kier alpha value is -2.67. The van der Waals surface area contributed by atoms with Gasteiger partial charge in [-0.15, -0.1) is 0 Å². The van der Waals surface area contributed by atoms with Crippen LogP contribution in [0.2, 0.25) is 0 Å². The van der Waals surface area contributed by atoms with Gasteiger partial charge >= 0.3 is 0 Å². The average Bonchev–Trinajstić information content (AvgIpc) is 3.26. The molecule has 0 aliphatic carbocycles. The number of aryl methyl sites for hydroxylation is 1. The van der Waals surface area contributed by atoms with Crippen molar-refractivity contribution in [1.29, 1.82) is 0 Å². The third-order valence-electron chi connectivity index (χ3n) is 4.63. The molecule has 25 heavy (non-hydrogen) atoms. The van der Waals surface area contributed by atoms with Gasteiger partial charge in [0.2, 0.25) is 0 Å². The normalized spacial score (nSPS) is 17.4. The second kappa shape index (κ2) is 6.68. The van der Waals surface area contributed by atoms with Crippen molar-refractivity contribution in [2.24, 2.45) is 0 Å². The maximum absolute atomic E-state index is 9.50. The highest BCUT2D eigenvalue weighted by Crippen LogP contribution is 2.24. The van der Waals surface area contributed by atoms with E-state index in [1.54, 1.807) is 6.33 Å². The molecule has 1 aliphatic heterocycles. The van der Waals surface area contributed by atoms with Crippen molar-refractivity contribution < 1.29 is 5.11 Å². The van der Waals surface area contributed by atoms with E-state index in [4.69, 9.17) is 0 Å². The predicted octanol–water partition coefficient (Wildman–Crippen LogP) is 2.01. The number of anilines is 2. The molecule has 7 nitrogen and oxygen atoms in total. The summed E-state index contributed by atoms with van der Waals surface area (Å²) in [4.78, 5) is 15.4. The predicted molar refractivity (Wildman–Crippen MR) is 96.7 cm³/mol. The number of nitrogens with one attached hydrogen (secondary N) is 1. The number of fused-ring (bicyclic) bond motifs is 1. The van der Waals surface area contributed by atoms with Crippen LogP contribution in [0.25, 0.3) is 5.65 Å². The minimum atomic E-state index is 0.157. The van der Waals surface area contributed by atoms with E-state index in [1.165, 1.54) is 5.56 Å². The van der Waals surface area contributed by atoms with Gasteiger partial charge in [-0.05, 0) is 31.4 Å². The van der Waals surface area contributed by atoms with Crippen LogP contribution in [0.5, 0.6) is 0 Å². The first-order valence-corrected chi connectivity index (χ1v) is 8.60. The standard InChI is InChI=1S/C18H22N6O/c1-13-4-5-17-22-14(10-23(17)9-13)8-19-16-7-18(21-12-20-16)24-6-2-3-15(24)11-25/h4-5,7,9-10,12,15,25H,2-3,6,8,11H2,1H3,(H,19,20,21)/t15-/m0/s1. The molecule has 1 atom stereocenters. The molecule has 0 amide bonds. The summed E-state index contributed by atoms with van der Waals surface area (Å²) in [6.07, 6.45) is 7.75. The topological polar surface area (TPSA) is 78.6 Å². The van der Waals surface area contributed by atoms with E-state index in [2.05, 4.69) is 44.4 Å². The molecule has 0 unspecified atom stereocenters. The molecule has 4 rings (SSSR count). The van der Waals surface area contributed by atoms with E-state index in [0.29, 0.717) is 6.54 Å². The molecule has 0 radical (unpaired) electrons. The van der Waals surface area contributed by atoms with Crippen LogP contribution in [-0.2, 0) is 6.54 Å². The number of aliphatic hydroxyl groups excluding tert-OH is 1. The zero-order chi connectivity index (χ0) is 17.2. The smallest absolute Gasteiger partial charge is 0.137 e. The summed E-state index contributed by atoms with van der Waals surface area (Å²) >= 11 is 0. The van der Waals surface area contributed by atoms with E-state index in [1.807, 2.05) is 22.7 Å². The van der Waals surface area contributed by atoms with E-state index in [-0.39, 0.29) is 12.6 Å². The van der Waals surface area contributed by atoms with Crippen molar-refractivity contribution in [1.82, 2.24) is 19.4 Å². The lowest BCUT2D eigenvalue weighted by Crippen LogP contribution is -2.32. The van der Waals surface area contributed by atoms with Gasteiger partial charge in [0, 0.05) is 25.0 Å². The lowest BCUT2D eigenvalue weighted by atomic mass is 10.2. The van der Waals surface area contributed by atoms with Crippen molar-refractivity contribution in [3.05, 3.63) is 48.2 Å². The monoisotopic (exact) mass is 338 g/mol. The average molecular weight is 338 g/mol. The summed E-state index contributed by atoms with van der Waals surface area (Å²) in [5.74, 6) is 1.63. The third kappa shape index (κ3) is 3.28. The number of pyridine rings is 1. The molecule has 1 saturated heterocycles.